The summed E-state index contributed by atoms with van der Waals surface area (Å²) in [5.74, 6) is 0. The highest BCUT2D eigenvalue weighted by atomic mass is 16.3. The van der Waals surface area contributed by atoms with Gasteiger partial charge in [-0.15, -0.1) is 0 Å². The zero-order valence-corrected chi connectivity index (χ0v) is 31.2. The van der Waals surface area contributed by atoms with Crippen LogP contribution in [0.15, 0.2) is 203 Å². The molecule has 0 fully saturated rings. The fourth-order valence-corrected chi connectivity index (χ4v) is 9.52. The monoisotopic (exact) mass is 740 g/mol. The summed E-state index contributed by atoms with van der Waals surface area (Å²) in [5.41, 5.74) is 14.5. The van der Waals surface area contributed by atoms with Gasteiger partial charge in [0.2, 0.25) is 0 Å². The van der Waals surface area contributed by atoms with E-state index in [1.165, 1.54) is 49.2 Å². The molecule has 0 aliphatic rings. The molecule has 270 valence electrons. The van der Waals surface area contributed by atoms with Crippen LogP contribution in [0.3, 0.4) is 0 Å². The SMILES string of the molecule is c1ccc(-c2ccc(-c3c4oc5ccc(-n6c7ccccc7c7ccccc76)cc5c4cc4c3oc3ccc(-n5c6ccccc6c6ccccc65)cc34)cc2)cc1. The van der Waals surface area contributed by atoms with Crippen LogP contribution in [-0.4, -0.2) is 9.13 Å². The minimum atomic E-state index is 0.816. The van der Waals surface area contributed by atoms with Crippen LogP contribution in [0.25, 0.3) is 121 Å². The zero-order valence-electron chi connectivity index (χ0n) is 31.2. The van der Waals surface area contributed by atoms with Crippen molar-refractivity contribution in [1.82, 2.24) is 9.13 Å². The second-order valence-corrected chi connectivity index (χ2v) is 15.3. The second kappa shape index (κ2) is 11.8. The summed E-state index contributed by atoms with van der Waals surface area (Å²) in [5, 5.41) is 9.18. The Morgan fingerprint density at radius 3 is 1.10 bits per heavy atom. The molecular formula is C54H32N2O2. The third-order valence-electron chi connectivity index (χ3n) is 12.1. The predicted octanol–water partition coefficient (Wildman–Crippen LogP) is 15.0. The van der Waals surface area contributed by atoms with E-state index in [0.717, 1.165) is 71.9 Å². The van der Waals surface area contributed by atoms with E-state index in [-0.39, 0.29) is 0 Å². The Bertz CT molecular complexity index is 3470. The van der Waals surface area contributed by atoms with Crippen molar-refractivity contribution in [3.05, 3.63) is 194 Å². The minimum Gasteiger partial charge on any atom is -0.455 e. The Balaban J connectivity index is 1.10. The fraction of sp³-hybridized carbons (Fsp3) is 0. The highest BCUT2D eigenvalue weighted by molar-refractivity contribution is 6.23. The van der Waals surface area contributed by atoms with Crippen molar-refractivity contribution in [1.29, 1.82) is 0 Å². The Labute approximate surface area is 332 Å². The lowest BCUT2D eigenvalue weighted by molar-refractivity contribution is 0.658. The van der Waals surface area contributed by atoms with Crippen LogP contribution >= 0.6 is 0 Å². The van der Waals surface area contributed by atoms with Gasteiger partial charge >= 0.3 is 0 Å². The molecule has 0 radical (unpaired) electrons. The van der Waals surface area contributed by atoms with Gasteiger partial charge in [0, 0.05) is 54.5 Å². The molecule has 0 spiro atoms. The summed E-state index contributed by atoms with van der Waals surface area (Å²) >= 11 is 0. The third kappa shape index (κ3) is 4.40. The molecule has 4 nitrogen and oxygen atoms in total. The van der Waals surface area contributed by atoms with Gasteiger partial charge in [0.1, 0.15) is 22.3 Å². The van der Waals surface area contributed by atoms with E-state index in [0.29, 0.717) is 0 Å². The standard InChI is InChI=1S/C54H32N2O2/c1-2-12-33(13-3-1)34-22-24-35(25-23-34)52-53-44(42-30-36(26-28-50(42)57-53)55-46-18-8-4-14-38(46)39-15-5-9-19-47(39)55)32-45-43-31-37(27-29-51(43)58-54(45)52)56-48-20-10-6-16-40(48)41-17-7-11-21-49(41)56/h1-32H. The molecule has 4 heterocycles. The minimum absolute atomic E-state index is 0.816. The first-order valence-corrected chi connectivity index (χ1v) is 19.8. The van der Waals surface area contributed by atoms with Crippen molar-refractivity contribution in [2.45, 2.75) is 0 Å². The van der Waals surface area contributed by atoms with Crippen LogP contribution in [0.2, 0.25) is 0 Å². The quantitative estimate of drug-likeness (QED) is 0.180. The molecule has 58 heavy (non-hydrogen) atoms. The highest BCUT2D eigenvalue weighted by Crippen LogP contribution is 2.46. The maximum atomic E-state index is 6.91. The van der Waals surface area contributed by atoms with E-state index < -0.39 is 0 Å². The summed E-state index contributed by atoms with van der Waals surface area (Å²) < 4.78 is 18.6. The number of fused-ring (bicyclic) bond motifs is 12. The van der Waals surface area contributed by atoms with E-state index in [1.807, 2.05) is 0 Å². The van der Waals surface area contributed by atoms with Crippen LogP contribution in [0.5, 0.6) is 0 Å². The smallest absolute Gasteiger partial charge is 0.147 e. The number of hydrogen-bond acceptors (Lipinski definition) is 2. The molecule has 0 atom stereocenters. The summed E-state index contributed by atoms with van der Waals surface area (Å²) in [6.07, 6.45) is 0. The fourth-order valence-electron chi connectivity index (χ4n) is 9.52. The molecule has 9 aromatic carbocycles. The number of para-hydroxylation sites is 4. The zero-order chi connectivity index (χ0) is 37.9. The second-order valence-electron chi connectivity index (χ2n) is 15.3. The van der Waals surface area contributed by atoms with Crippen molar-refractivity contribution in [3.8, 4) is 33.6 Å². The van der Waals surface area contributed by atoms with Crippen LogP contribution < -0.4 is 0 Å². The number of aromatic nitrogens is 2. The number of rotatable bonds is 4. The molecule has 0 amide bonds. The van der Waals surface area contributed by atoms with Gasteiger partial charge in [0.05, 0.1) is 27.6 Å². The molecule has 0 saturated heterocycles. The molecule has 0 saturated carbocycles. The molecular weight excluding hydrogens is 709 g/mol. The molecule has 0 bridgehead atoms. The van der Waals surface area contributed by atoms with Crippen LogP contribution in [-0.2, 0) is 0 Å². The lowest BCUT2D eigenvalue weighted by Gasteiger charge is -2.08. The third-order valence-corrected chi connectivity index (χ3v) is 12.1. The Hall–Kier alpha value is -7.82. The van der Waals surface area contributed by atoms with Crippen molar-refractivity contribution in [2.75, 3.05) is 0 Å². The van der Waals surface area contributed by atoms with Gasteiger partial charge in [-0.3, -0.25) is 0 Å². The maximum absolute atomic E-state index is 6.91. The van der Waals surface area contributed by atoms with Gasteiger partial charge in [-0.05, 0) is 83.4 Å². The normalized spacial score (nSPS) is 12.1. The van der Waals surface area contributed by atoms with Gasteiger partial charge in [-0.1, -0.05) is 127 Å². The first kappa shape index (κ1) is 31.4. The van der Waals surface area contributed by atoms with Gasteiger partial charge in [-0.2, -0.15) is 0 Å². The molecule has 0 aliphatic carbocycles. The molecule has 13 aromatic rings. The lowest BCUT2D eigenvalue weighted by atomic mass is 9.96. The topological polar surface area (TPSA) is 36.1 Å². The van der Waals surface area contributed by atoms with E-state index in [2.05, 4.69) is 203 Å². The van der Waals surface area contributed by atoms with Crippen molar-refractivity contribution >= 4 is 87.5 Å². The summed E-state index contributed by atoms with van der Waals surface area (Å²) in [4.78, 5) is 0. The molecule has 0 N–H and O–H groups in total. The molecule has 4 aromatic heterocycles. The summed E-state index contributed by atoms with van der Waals surface area (Å²) in [7, 11) is 0. The van der Waals surface area contributed by atoms with E-state index >= 15 is 0 Å². The van der Waals surface area contributed by atoms with Crippen molar-refractivity contribution in [2.24, 2.45) is 0 Å². The van der Waals surface area contributed by atoms with Crippen molar-refractivity contribution in [3.63, 3.8) is 0 Å². The molecule has 13 rings (SSSR count). The summed E-state index contributed by atoms with van der Waals surface area (Å²) in [6.45, 7) is 0. The highest BCUT2D eigenvalue weighted by Gasteiger charge is 2.23. The Morgan fingerprint density at radius 1 is 0.276 bits per heavy atom. The number of furan rings is 2. The average molecular weight is 741 g/mol. The largest absolute Gasteiger partial charge is 0.455 e. The van der Waals surface area contributed by atoms with Crippen molar-refractivity contribution < 1.29 is 8.83 Å². The lowest BCUT2D eigenvalue weighted by Crippen LogP contribution is -1.93. The maximum Gasteiger partial charge on any atom is 0.147 e. The Morgan fingerprint density at radius 2 is 0.655 bits per heavy atom. The summed E-state index contributed by atoms with van der Waals surface area (Å²) in [6, 6.07) is 69.4. The van der Waals surface area contributed by atoms with Gasteiger partial charge in [-0.25, -0.2) is 0 Å². The first-order valence-electron chi connectivity index (χ1n) is 19.8. The predicted molar refractivity (Wildman–Crippen MR) is 241 cm³/mol. The number of hydrogen-bond donors (Lipinski definition) is 0. The van der Waals surface area contributed by atoms with Crippen LogP contribution in [0, 0.1) is 0 Å². The van der Waals surface area contributed by atoms with Gasteiger partial charge in [0.15, 0.2) is 0 Å². The first-order chi connectivity index (χ1) is 28.8. The van der Waals surface area contributed by atoms with E-state index in [9.17, 15) is 0 Å². The molecule has 0 aliphatic heterocycles. The Kier molecular flexibility index (Phi) is 6.41. The van der Waals surface area contributed by atoms with E-state index in [1.54, 1.807) is 0 Å². The molecule has 4 heteroatoms. The molecule has 0 unspecified atom stereocenters. The van der Waals surface area contributed by atoms with Crippen LogP contribution in [0.4, 0.5) is 0 Å². The van der Waals surface area contributed by atoms with E-state index in [4.69, 9.17) is 8.83 Å². The van der Waals surface area contributed by atoms with Crippen LogP contribution in [0.1, 0.15) is 0 Å². The number of benzene rings is 9. The number of nitrogens with zero attached hydrogens (tertiary/aromatic N) is 2. The van der Waals surface area contributed by atoms with Gasteiger partial charge < -0.3 is 18.0 Å². The average Bonchev–Trinajstić information content (AvgIpc) is 4.03. The van der Waals surface area contributed by atoms with Gasteiger partial charge in [0.25, 0.3) is 0 Å².